The molecule has 96 valence electrons. The molecule has 0 atom stereocenters. The van der Waals surface area contributed by atoms with Gasteiger partial charge in [-0.05, 0) is 77.5 Å². The van der Waals surface area contributed by atoms with Gasteiger partial charge in [-0.25, -0.2) is 0 Å². The maximum atomic E-state index is 2.37. The minimum Gasteiger partial charge on any atom is -0.0696 e. The molecule has 1 aliphatic carbocycles. The molecule has 1 heteroatoms. The molecule has 0 radical (unpaired) electrons. The zero-order valence-corrected chi connectivity index (χ0v) is 13.6. The fraction of sp³-hybridized carbons (Fsp3) is 0.412. The number of hydrogen-bond acceptors (Lipinski definition) is 0. The quantitative estimate of drug-likeness (QED) is 0.588. The zero-order chi connectivity index (χ0) is 13.2. The monoisotopic (exact) mass is 352 g/mol. The van der Waals surface area contributed by atoms with Crippen molar-refractivity contribution in [2.75, 3.05) is 0 Å². The fourth-order valence-corrected chi connectivity index (χ4v) is 3.37. The lowest BCUT2D eigenvalue weighted by Crippen LogP contribution is -2.18. The molecule has 0 aromatic heterocycles. The van der Waals surface area contributed by atoms with Crippen LogP contribution >= 0.6 is 22.6 Å². The number of hydrogen-bond donors (Lipinski definition) is 0. The van der Waals surface area contributed by atoms with Crippen molar-refractivity contribution < 1.29 is 0 Å². The van der Waals surface area contributed by atoms with E-state index in [0.29, 0.717) is 5.41 Å². The van der Waals surface area contributed by atoms with Crippen molar-refractivity contribution in [1.29, 1.82) is 0 Å². The highest BCUT2D eigenvalue weighted by Crippen LogP contribution is 2.40. The molecule has 1 aromatic carbocycles. The van der Waals surface area contributed by atoms with E-state index in [2.05, 4.69) is 79.8 Å². The van der Waals surface area contributed by atoms with E-state index in [1.165, 1.54) is 34.0 Å². The van der Waals surface area contributed by atoms with Crippen LogP contribution in [0.1, 0.15) is 45.6 Å². The molecule has 0 nitrogen and oxygen atoms in total. The van der Waals surface area contributed by atoms with Crippen LogP contribution in [0.5, 0.6) is 0 Å². The smallest absolute Gasteiger partial charge is 0.0136 e. The lowest BCUT2D eigenvalue weighted by molar-refractivity contribution is 0.377. The van der Waals surface area contributed by atoms with E-state index < -0.39 is 0 Å². The van der Waals surface area contributed by atoms with Gasteiger partial charge in [0.25, 0.3) is 0 Å². The molecular weight excluding hydrogens is 331 g/mol. The van der Waals surface area contributed by atoms with Crippen LogP contribution in [0.3, 0.4) is 0 Å². The van der Waals surface area contributed by atoms with Gasteiger partial charge in [0.2, 0.25) is 0 Å². The van der Waals surface area contributed by atoms with E-state index in [0.717, 1.165) is 0 Å². The first kappa shape index (κ1) is 13.9. The Kier molecular flexibility index (Phi) is 4.31. The van der Waals surface area contributed by atoms with Gasteiger partial charge in [-0.3, -0.25) is 0 Å². The van der Waals surface area contributed by atoms with Gasteiger partial charge in [-0.15, -0.1) is 0 Å². The van der Waals surface area contributed by atoms with E-state index in [1.807, 2.05) is 0 Å². The van der Waals surface area contributed by atoms with Crippen molar-refractivity contribution in [1.82, 2.24) is 0 Å². The Labute approximate surface area is 124 Å². The Balaban J connectivity index is 2.27. The molecule has 1 aliphatic rings. The molecule has 0 aliphatic heterocycles. The SMILES string of the molecule is CC1=C(/C=C/c2cccc(I)c2)C(C)(C)CCC1. The standard InChI is InChI=1S/C17H21I/c1-13-6-5-11-17(2,3)16(13)10-9-14-7-4-8-15(18)12-14/h4,7-10,12H,5-6,11H2,1-3H3/b10-9+. The number of rotatable bonds is 2. The molecular formula is C17H21I. The molecule has 0 heterocycles. The molecule has 0 bridgehead atoms. The minimum absolute atomic E-state index is 0.334. The van der Waals surface area contributed by atoms with Gasteiger partial charge in [-0.2, -0.15) is 0 Å². The Morgan fingerprint density at radius 3 is 2.67 bits per heavy atom. The molecule has 0 saturated carbocycles. The summed E-state index contributed by atoms with van der Waals surface area (Å²) in [7, 11) is 0. The maximum Gasteiger partial charge on any atom is 0.0136 e. The molecule has 0 spiro atoms. The van der Waals surface area contributed by atoms with E-state index >= 15 is 0 Å². The van der Waals surface area contributed by atoms with Crippen LogP contribution < -0.4 is 0 Å². The Bertz CT molecular complexity index is 492. The molecule has 18 heavy (non-hydrogen) atoms. The lowest BCUT2D eigenvalue weighted by atomic mass is 9.72. The molecule has 0 unspecified atom stereocenters. The molecule has 0 amide bonds. The fourth-order valence-electron chi connectivity index (χ4n) is 2.80. The first-order valence-electron chi connectivity index (χ1n) is 6.63. The highest BCUT2D eigenvalue weighted by molar-refractivity contribution is 14.1. The van der Waals surface area contributed by atoms with Gasteiger partial charge in [0.1, 0.15) is 0 Å². The van der Waals surface area contributed by atoms with Crippen molar-refractivity contribution in [2.45, 2.75) is 40.0 Å². The lowest BCUT2D eigenvalue weighted by Gasteiger charge is -2.32. The van der Waals surface area contributed by atoms with Crippen molar-refractivity contribution in [3.05, 3.63) is 50.6 Å². The van der Waals surface area contributed by atoms with Crippen LogP contribution in [0.4, 0.5) is 0 Å². The van der Waals surface area contributed by atoms with Gasteiger partial charge in [0.15, 0.2) is 0 Å². The second kappa shape index (κ2) is 5.60. The second-order valence-electron chi connectivity index (χ2n) is 5.82. The van der Waals surface area contributed by atoms with E-state index in [9.17, 15) is 0 Å². The van der Waals surface area contributed by atoms with Gasteiger partial charge < -0.3 is 0 Å². The first-order chi connectivity index (χ1) is 8.49. The van der Waals surface area contributed by atoms with E-state index in [4.69, 9.17) is 0 Å². The van der Waals surface area contributed by atoms with E-state index in [-0.39, 0.29) is 0 Å². The van der Waals surface area contributed by atoms with Gasteiger partial charge in [-0.1, -0.05) is 43.7 Å². The van der Waals surface area contributed by atoms with Gasteiger partial charge >= 0.3 is 0 Å². The zero-order valence-electron chi connectivity index (χ0n) is 11.5. The van der Waals surface area contributed by atoms with Crippen molar-refractivity contribution in [2.24, 2.45) is 5.41 Å². The van der Waals surface area contributed by atoms with E-state index in [1.54, 1.807) is 5.57 Å². The average Bonchev–Trinajstić information content (AvgIpc) is 2.27. The van der Waals surface area contributed by atoms with Crippen LogP contribution in [0.25, 0.3) is 6.08 Å². The summed E-state index contributed by atoms with van der Waals surface area (Å²) >= 11 is 2.36. The summed E-state index contributed by atoms with van der Waals surface area (Å²) in [6.45, 7) is 7.02. The Morgan fingerprint density at radius 2 is 2.00 bits per heavy atom. The topological polar surface area (TPSA) is 0 Å². The van der Waals surface area contributed by atoms with Crippen molar-refractivity contribution in [3.63, 3.8) is 0 Å². The van der Waals surface area contributed by atoms with Crippen LogP contribution in [0, 0.1) is 8.99 Å². The van der Waals surface area contributed by atoms with Crippen LogP contribution in [-0.2, 0) is 0 Å². The molecule has 0 fully saturated rings. The number of halogens is 1. The third-order valence-electron chi connectivity index (χ3n) is 3.83. The predicted molar refractivity (Wildman–Crippen MR) is 88.5 cm³/mol. The average molecular weight is 352 g/mol. The number of benzene rings is 1. The second-order valence-corrected chi connectivity index (χ2v) is 7.07. The molecule has 0 saturated heterocycles. The summed E-state index contributed by atoms with van der Waals surface area (Å²) in [6, 6.07) is 8.65. The largest absolute Gasteiger partial charge is 0.0696 e. The molecule has 2 rings (SSSR count). The normalized spacial score (nSPS) is 19.6. The van der Waals surface area contributed by atoms with Crippen LogP contribution in [-0.4, -0.2) is 0 Å². The summed E-state index contributed by atoms with van der Waals surface area (Å²) in [4.78, 5) is 0. The highest BCUT2D eigenvalue weighted by Gasteiger charge is 2.26. The molecule has 1 aromatic rings. The van der Waals surface area contributed by atoms with Crippen molar-refractivity contribution in [3.8, 4) is 0 Å². The third-order valence-corrected chi connectivity index (χ3v) is 4.50. The van der Waals surface area contributed by atoms with Crippen molar-refractivity contribution >= 4 is 28.7 Å². The third kappa shape index (κ3) is 3.25. The maximum absolute atomic E-state index is 2.37. The summed E-state index contributed by atoms with van der Waals surface area (Å²) < 4.78 is 1.29. The highest BCUT2D eigenvalue weighted by atomic mass is 127. The van der Waals surface area contributed by atoms with Crippen LogP contribution in [0.2, 0.25) is 0 Å². The first-order valence-corrected chi connectivity index (χ1v) is 7.71. The van der Waals surface area contributed by atoms with Crippen LogP contribution in [0.15, 0.2) is 41.5 Å². The van der Waals surface area contributed by atoms with Gasteiger partial charge in [0.05, 0.1) is 0 Å². The number of allylic oxidation sites excluding steroid dienone is 3. The minimum atomic E-state index is 0.334. The predicted octanol–water partition coefficient (Wildman–Crippen LogP) is 5.83. The van der Waals surface area contributed by atoms with Gasteiger partial charge in [0, 0.05) is 3.57 Å². The Morgan fingerprint density at radius 1 is 1.22 bits per heavy atom. The molecule has 0 N–H and O–H groups in total. The summed E-state index contributed by atoms with van der Waals surface area (Å²) in [5.74, 6) is 0. The Hall–Kier alpha value is -0.570. The summed E-state index contributed by atoms with van der Waals surface area (Å²) in [5.41, 5.74) is 4.73. The summed E-state index contributed by atoms with van der Waals surface area (Å²) in [5, 5.41) is 0. The summed E-state index contributed by atoms with van der Waals surface area (Å²) in [6.07, 6.45) is 8.49.